The molecule has 3 aromatic rings. The first-order valence-corrected chi connectivity index (χ1v) is 10.6. The quantitative estimate of drug-likeness (QED) is 0.647. The number of carbonyl (C=O) groups excluding carboxylic acids is 1. The van der Waals surface area contributed by atoms with Gasteiger partial charge in [0.25, 0.3) is 0 Å². The van der Waals surface area contributed by atoms with Gasteiger partial charge in [0.15, 0.2) is 0 Å². The maximum atomic E-state index is 12.6. The minimum atomic E-state index is -0.120. The Hall–Kier alpha value is -2.38. The first kappa shape index (κ1) is 18.0. The molecular weight excluding hydrogens is 380 g/mol. The maximum Gasteiger partial charge on any atom is 0.230 e. The summed E-state index contributed by atoms with van der Waals surface area (Å²) in [6.07, 6.45) is 1.22. The fraction of sp³-hybridized carbons (Fsp3) is 0.300. The monoisotopic (exact) mass is 400 g/mol. The Morgan fingerprint density at radius 2 is 2.30 bits per heavy atom. The molecule has 1 atom stereocenters. The molecule has 0 aliphatic carbocycles. The van der Waals surface area contributed by atoms with Crippen molar-refractivity contribution < 1.29 is 14.3 Å². The van der Waals surface area contributed by atoms with Crippen LogP contribution in [-0.2, 0) is 17.6 Å². The van der Waals surface area contributed by atoms with Crippen molar-refractivity contribution in [3.05, 3.63) is 46.3 Å². The summed E-state index contributed by atoms with van der Waals surface area (Å²) in [7, 11) is 0. The molecule has 0 spiro atoms. The molecule has 2 aromatic heterocycles. The highest BCUT2D eigenvalue weighted by atomic mass is 32.1. The Bertz CT molecular complexity index is 950. The van der Waals surface area contributed by atoms with Crippen LogP contribution in [0.2, 0.25) is 0 Å². The molecule has 1 aromatic carbocycles. The Morgan fingerprint density at radius 1 is 1.41 bits per heavy atom. The standard InChI is InChI=1S/C20H20N2O3S2/c1-3-24-17-8-13-7-12(2)25-16(13)10-15(17)22-19(23)9-14-11-27-20(21-14)18-5-4-6-26-18/h4-6,8,10-12H,3,7,9H2,1-2H3,(H,22,23). The molecule has 4 rings (SSSR count). The number of fused-ring (bicyclic) bond motifs is 1. The molecule has 1 N–H and O–H groups in total. The summed E-state index contributed by atoms with van der Waals surface area (Å²) in [5, 5.41) is 7.86. The van der Waals surface area contributed by atoms with E-state index in [0.717, 1.165) is 33.3 Å². The first-order valence-electron chi connectivity index (χ1n) is 8.87. The van der Waals surface area contributed by atoms with Crippen LogP contribution in [0.25, 0.3) is 9.88 Å². The fourth-order valence-corrected chi connectivity index (χ4v) is 4.71. The minimum absolute atomic E-state index is 0.120. The number of nitrogens with one attached hydrogen (secondary N) is 1. The summed E-state index contributed by atoms with van der Waals surface area (Å²) in [5.74, 6) is 1.37. The molecule has 0 fully saturated rings. The van der Waals surface area contributed by atoms with Gasteiger partial charge in [-0.05, 0) is 31.4 Å². The number of thiophene rings is 1. The van der Waals surface area contributed by atoms with Gasteiger partial charge in [0.1, 0.15) is 22.6 Å². The fourth-order valence-electron chi connectivity index (χ4n) is 3.07. The topological polar surface area (TPSA) is 60.5 Å². The maximum absolute atomic E-state index is 12.6. The van der Waals surface area contributed by atoms with Crippen LogP contribution < -0.4 is 14.8 Å². The van der Waals surface area contributed by atoms with Gasteiger partial charge in [0.05, 0.1) is 29.3 Å². The normalized spacial score (nSPS) is 15.3. The number of ether oxygens (including phenoxy) is 2. The van der Waals surface area contributed by atoms with Gasteiger partial charge in [-0.2, -0.15) is 0 Å². The van der Waals surface area contributed by atoms with E-state index in [1.165, 1.54) is 0 Å². The van der Waals surface area contributed by atoms with Crippen LogP contribution in [0, 0.1) is 0 Å². The molecule has 0 saturated heterocycles. The highest BCUT2D eigenvalue weighted by Gasteiger charge is 2.22. The van der Waals surface area contributed by atoms with Crippen LogP contribution in [0.4, 0.5) is 5.69 Å². The lowest BCUT2D eigenvalue weighted by molar-refractivity contribution is -0.115. The van der Waals surface area contributed by atoms with Gasteiger partial charge in [0.2, 0.25) is 5.91 Å². The number of hydrogen-bond acceptors (Lipinski definition) is 6. The van der Waals surface area contributed by atoms with E-state index in [1.807, 2.05) is 48.9 Å². The number of thiazole rings is 1. The Balaban J connectivity index is 1.49. The summed E-state index contributed by atoms with van der Waals surface area (Å²) in [4.78, 5) is 18.3. The lowest BCUT2D eigenvalue weighted by Crippen LogP contribution is -2.15. The van der Waals surface area contributed by atoms with Gasteiger partial charge in [-0.25, -0.2) is 4.98 Å². The van der Waals surface area contributed by atoms with E-state index in [4.69, 9.17) is 9.47 Å². The lowest BCUT2D eigenvalue weighted by Gasteiger charge is -2.13. The highest BCUT2D eigenvalue weighted by molar-refractivity contribution is 7.20. The second-order valence-corrected chi connectivity index (χ2v) is 8.17. The Labute approximate surface area is 166 Å². The molecule has 5 nitrogen and oxygen atoms in total. The molecule has 0 bridgehead atoms. The van der Waals surface area contributed by atoms with E-state index in [9.17, 15) is 4.79 Å². The predicted octanol–water partition coefficient (Wildman–Crippen LogP) is 4.77. The van der Waals surface area contributed by atoms with Gasteiger partial charge in [-0.3, -0.25) is 4.79 Å². The van der Waals surface area contributed by atoms with Gasteiger partial charge in [0, 0.05) is 23.4 Å². The number of rotatable bonds is 6. The van der Waals surface area contributed by atoms with Crippen molar-refractivity contribution in [3.8, 4) is 21.4 Å². The van der Waals surface area contributed by atoms with Crippen LogP contribution in [-0.4, -0.2) is 23.6 Å². The van der Waals surface area contributed by atoms with E-state index in [2.05, 4.69) is 10.3 Å². The summed E-state index contributed by atoms with van der Waals surface area (Å²) in [6.45, 7) is 4.50. The number of amides is 1. The molecule has 27 heavy (non-hydrogen) atoms. The number of hydrogen-bond donors (Lipinski definition) is 1. The van der Waals surface area contributed by atoms with Crippen molar-refractivity contribution in [2.45, 2.75) is 32.8 Å². The van der Waals surface area contributed by atoms with Gasteiger partial charge >= 0.3 is 0 Å². The van der Waals surface area contributed by atoms with Gasteiger partial charge in [-0.15, -0.1) is 22.7 Å². The molecule has 7 heteroatoms. The summed E-state index contributed by atoms with van der Waals surface area (Å²) in [6, 6.07) is 7.86. The van der Waals surface area contributed by atoms with Gasteiger partial charge in [-0.1, -0.05) is 6.07 Å². The zero-order valence-corrected chi connectivity index (χ0v) is 16.8. The first-order chi connectivity index (χ1) is 13.1. The average Bonchev–Trinajstić information content (AvgIpc) is 3.35. The molecule has 0 radical (unpaired) electrons. The molecule has 140 valence electrons. The van der Waals surface area contributed by atoms with E-state index in [1.54, 1.807) is 22.7 Å². The van der Waals surface area contributed by atoms with Crippen molar-refractivity contribution in [3.63, 3.8) is 0 Å². The number of anilines is 1. The number of aromatic nitrogens is 1. The highest BCUT2D eigenvalue weighted by Crippen LogP contribution is 2.38. The molecule has 1 aliphatic rings. The molecule has 0 saturated carbocycles. The zero-order chi connectivity index (χ0) is 18.8. The molecule has 3 heterocycles. The van der Waals surface area contributed by atoms with Crippen molar-refractivity contribution in [2.75, 3.05) is 11.9 Å². The largest absolute Gasteiger partial charge is 0.492 e. The van der Waals surface area contributed by atoms with Crippen molar-refractivity contribution in [1.29, 1.82) is 0 Å². The number of carbonyl (C=O) groups is 1. The second kappa shape index (κ2) is 7.70. The number of benzene rings is 1. The smallest absolute Gasteiger partial charge is 0.230 e. The lowest BCUT2D eigenvalue weighted by atomic mass is 10.1. The van der Waals surface area contributed by atoms with Crippen LogP contribution in [0.1, 0.15) is 25.1 Å². The average molecular weight is 401 g/mol. The van der Waals surface area contributed by atoms with E-state index >= 15 is 0 Å². The van der Waals surface area contributed by atoms with Crippen molar-refractivity contribution in [2.24, 2.45) is 0 Å². The SMILES string of the molecule is CCOc1cc2c(cc1NC(=O)Cc1csc(-c3cccs3)n1)OC(C)C2. The van der Waals surface area contributed by atoms with E-state index in [0.29, 0.717) is 18.0 Å². The van der Waals surface area contributed by atoms with E-state index in [-0.39, 0.29) is 18.4 Å². The Morgan fingerprint density at radius 3 is 3.07 bits per heavy atom. The summed E-state index contributed by atoms with van der Waals surface area (Å²) < 4.78 is 11.5. The molecule has 1 unspecified atom stereocenters. The van der Waals surface area contributed by atoms with Crippen LogP contribution in [0.5, 0.6) is 11.5 Å². The van der Waals surface area contributed by atoms with Crippen LogP contribution in [0.3, 0.4) is 0 Å². The second-order valence-electron chi connectivity index (χ2n) is 6.37. The van der Waals surface area contributed by atoms with Gasteiger partial charge < -0.3 is 14.8 Å². The van der Waals surface area contributed by atoms with Crippen molar-refractivity contribution in [1.82, 2.24) is 4.98 Å². The number of nitrogens with zero attached hydrogens (tertiary/aromatic N) is 1. The molecule has 1 amide bonds. The summed E-state index contributed by atoms with van der Waals surface area (Å²) >= 11 is 3.20. The summed E-state index contributed by atoms with van der Waals surface area (Å²) in [5.41, 5.74) is 2.53. The third-order valence-corrected chi connectivity index (χ3v) is 6.13. The predicted molar refractivity (Wildman–Crippen MR) is 109 cm³/mol. The zero-order valence-electron chi connectivity index (χ0n) is 15.2. The minimum Gasteiger partial charge on any atom is -0.492 e. The third-order valence-electron chi connectivity index (χ3n) is 4.20. The van der Waals surface area contributed by atoms with E-state index < -0.39 is 0 Å². The Kier molecular flexibility index (Phi) is 5.13. The molecule has 1 aliphatic heterocycles. The third kappa shape index (κ3) is 3.99. The van der Waals surface area contributed by atoms with Crippen LogP contribution in [0.15, 0.2) is 35.0 Å². The van der Waals surface area contributed by atoms with Crippen molar-refractivity contribution >= 4 is 34.3 Å². The molecular formula is C20H20N2O3S2. The van der Waals surface area contributed by atoms with Crippen LogP contribution >= 0.6 is 22.7 Å².